The molecule has 0 saturated heterocycles. The summed E-state index contributed by atoms with van der Waals surface area (Å²) in [7, 11) is -5.54. The second kappa shape index (κ2) is 9.16. The van der Waals surface area contributed by atoms with E-state index < -0.39 is 18.4 Å². The highest BCUT2D eigenvalue weighted by atomic mass is 32.2. The van der Waals surface area contributed by atoms with Crippen LogP contribution in [0, 0.1) is 30.1 Å². The minimum atomic E-state index is -3.72. The smallest absolute Gasteiger partial charge is 0.296 e. The van der Waals surface area contributed by atoms with Gasteiger partial charge in [0.2, 0.25) is 0 Å². The maximum absolute atomic E-state index is 12.7. The summed E-state index contributed by atoms with van der Waals surface area (Å²) < 4.78 is 37.9. The number of hydrogen-bond donors (Lipinski definition) is 0. The molecule has 6 heteroatoms. The van der Waals surface area contributed by atoms with Gasteiger partial charge >= 0.3 is 0 Å². The average molecular weight is 481 g/mol. The van der Waals surface area contributed by atoms with E-state index >= 15 is 0 Å². The third kappa shape index (κ3) is 5.18. The Hall–Kier alpha value is -0.693. The van der Waals surface area contributed by atoms with E-state index in [1.165, 1.54) is 19.3 Å². The average Bonchev–Trinajstić information content (AvgIpc) is 3.03. The standard InChI is InChI=1S/C26H44O4SSi/c1-19-11-13-21(14-12-19)31(27,28)29-18-20(2)22-15-16-23-24(10-9-17-26(22,23)6)30-32(7,8)25(3,4)5/h11-14,20,22-24H,9-10,15-18H2,1-8H3/t20-,22?,23?,24+,26?/m1/s1. The molecule has 3 rings (SSSR count). The van der Waals surface area contributed by atoms with Gasteiger partial charge < -0.3 is 4.43 Å². The van der Waals surface area contributed by atoms with E-state index in [-0.39, 0.29) is 27.9 Å². The van der Waals surface area contributed by atoms with Crippen LogP contribution in [0.15, 0.2) is 29.2 Å². The number of benzene rings is 1. The molecule has 0 bridgehead atoms. The van der Waals surface area contributed by atoms with E-state index in [1.807, 2.05) is 19.1 Å². The maximum atomic E-state index is 12.7. The molecule has 2 fully saturated rings. The summed E-state index contributed by atoms with van der Waals surface area (Å²) in [5.41, 5.74) is 1.23. The van der Waals surface area contributed by atoms with Gasteiger partial charge in [0, 0.05) is 6.10 Å². The minimum Gasteiger partial charge on any atom is -0.414 e. The predicted octanol–water partition coefficient (Wildman–Crippen LogP) is 6.94. The molecule has 4 nitrogen and oxygen atoms in total. The Kier molecular flexibility index (Phi) is 7.42. The third-order valence-electron chi connectivity index (χ3n) is 8.87. The van der Waals surface area contributed by atoms with Crippen LogP contribution in [0.4, 0.5) is 0 Å². The molecule has 0 aliphatic heterocycles. The predicted molar refractivity (Wildman–Crippen MR) is 134 cm³/mol. The Morgan fingerprint density at radius 2 is 1.75 bits per heavy atom. The normalized spacial score (nSPS) is 30.2. The fourth-order valence-corrected chi connectivity index (χ4v) is 8.27. The number of hydrogen-bond acceptors (Lipinski definition) is 4. The van der Waals surface area contributed by atoms with Gasteiger partial charge in [0.1, 0.15) is 0 Å². The van der Waals surface area contributed by atoms with Crippen LogP contribution in [-0.2, 0) is 18.7 Å². The van der Waals surface area contributed by atoms with Crippen LogP contribution in [0.3, 0.4) is 0 Å². The lowest BCUT2D eigenvalue weighted by Crippen LogP contribution is -2.50. The van der Waals surface area contributed by atoms with E-state index in [0.717, 1.165) is 18.4 Å². The molecule has 0 radical (unpaired) electrons. The number of rotatable bonds is 7. The van der Waals surface area contributed by atoms with Gasteiger partial charge in [0.15, 0.2) is 8.32 Å². The molecule has 32 heavy (non-hydrogen) atoms. The zero-order valence-corrected chi connectivity index (χ0v) is 23.2. The molecule has 2 aliphatic carbocycles. The first-order valence-electron chi connectivity index (χ1n) is 12.3. The van der Waals surface area contributed by atoms with Gasteiger partial charge in [0.25, 0.3) is 10.1 Å². The summed E-state index contributed by atoms with van der Waals surface area (Å²) >= 11 is 0. The van der Waals surface area contributed by atoms with Crippen LogP contribution in [0.25, 0.3) is 0 Å². The van der Waals surface area contributed by atoms with Crippen molar-refractivity contribution in [3.63, 3.8) is 0 Å². The second-order valence-electron chi connectivity index (χ2n) is 12.1. The van der Waals surface area contributed by atoms with E-state index in [9.17, 15) is 8.42 Å². The van der Waals surface area contributed by atoms with Crippen molar-refractivity contribution >= 4 is 18.4 Å². The molecule has 1 aromatic carbocycles. The largest absolute Gasteiger partial charge is 0.414 e. The SMILES string of the molecule is Cc1ccc(S(=O)(=O)OC[C@@H](C)C2CCC3[C@@H](O[Si](C)(C)C(C)(C)C)CCCC23C)cc1. The molecule has 0 amide bonds. The van der Waals surface area contributed by atoms with Crippen LogP contribution in [-0.4, -0.2) is 29.4 Å². The molecule has 0 heterocycles. The van der Waals surface area contributed by atoms with E-state index in [2.05, 4.69) is 47.7 Å². The van der Waals surface area contributed by atoms with Gasteiger partial charge in [-0.1, -0.05) is 58.7 Å². The van der Waals surface area contributed by atoms with Gasteiger partial charge in [-0.25, -0.2) is 0 Å². The van der Waals surface area contributed by atoms with Crippen molar-refractivity contribution in [1.29, 1.82) is 0 Å². The van der Waals surface area contributed by atoms with Crippen molar-refractivity contribution in [3.8, 4) is 0 Å². The Bertz CT molecular complexity index is 887. The van der Waals surface area contributed by atoms with E-state index in [0.29, 0.717) is 17.9 Å². The third-order valence-corrected chi connectivity index (χ3v) is 14.7. The van der Waals surface area contributed by atoms with Gasteiger partial charge in [-0.05, 0) is 86.0 Å². The van der Waals surface area contributed by atoms with Crippen molar-refractivity contribution in [1.82, 2.24) is 0 Å². The first-order chi connectivity index (χ1) is 14.7. The number of fused-ring (bicyclic) bond motifs is 1. The van der Waals surface area contributed by atoms with Gasteiger partial charge in [-0.2, -0.15) is 8.42 Å². The lowest BCUT2D eigenvalue weighted by atomic mass is 9.62. The summed E-state index contributed by atoms with van der Waals surface area (Å²) in [6.45, 7) is 18.4. The van der Waals surface area contributed by atoms with Crippen molar-refractivity contribution < 1.29 is 17.0 Å². The molecule has 2 aliphatic rings. The topological polar surface area (TPSA) is 52.6 Å². The molecule has 0 aromatic heterocycles. The van der Waals surface area contributed by atoms with Crippen LogP contribution >= 0.6 is 0 Å². The van der Waals surface area contributed by atoms with Crippen molar-refractivity contribution in [2.24, 2.45) is 23.2 Å². The van der Waals surface area contributed by atoms with E-state index in [1.54, 1.807) is 12.1 Å². The highest BCUT2D eigenvalue weighted by molar-refractivity contribution is 7.86. The molecular formula is C26H44O4SSi. The summed E-state index contributed by atoms with van der Waals surface area (Å²) in [6.07, 6.45) is 6.20. The molecule has 0 spiro atoms. The fourth-order valence-electron chi connectivity index (χ4n) is 5.88. The molecule has 3 unspecified atom stereocenters. The molecule has 182 valence electrons. The lowest BCUT2D eigenvalue weighted by Gasteiger charge is -2.49. The van der Waals surface area contributed by atoms with Crippen molar-refractivity contribution in [2.45, 2.75) is 103 Å². The Morgan fingerprint density at radius 3 is 2.34 bits per heavy atom. The van der Waals surface area contributed by atoms with Gasteiger partial charge in [-0.15, -0.1) is 0 Å². The van der Waals surface area contributed by atoms with E-state index in [4.69, 9.17) is 8.61 Å². The molecule has 1 aromatic rings. The highest BCUT2D eigenvalue weighted by Gasteiger charge is 2.54. The first-order valence-corrected chi connectivity index (χ1v) is 16.6. The van der Waals surface area contributed by atoms with Gasteiger partial charge in [-0.3, -0.25) is 4.18 Å². The maximum Gasteiger partial charge on any atom is 0.296 e. The Morgan fingerprint density at radius 1 is 1.12 bits per heavy atom. The van der Waals surface area contributed by atoms with Crippen LogP contribution in [0.1, 0.15) is 72.3 Å². The van der Waals surface area contributed by atoms with Crippen molar-refractivity contribution in [3.05, 3.63) is 29.8 Å². The molecule has 2 saturated carbocycles. The van der Waals surface area contributed by atoms with Gasteiger partial charge in [0.05, 0.1) is 11.5 Å². The summed E-state index contributed by atoms with van der Waals surface area (Å²) in [4.78, 5) is 0.242. The summed E-state index contributed by atoms with van der Waals surface area (Å²) in [5.74, 6) is 1.22. The quantitative estimate of drug-likeness (QED) is 0.313. The zero-order chi connectivity index (χ0) is 23.9. The highest BCUT2D eigenvalue weighted by Crippen LogP contribution is 2.59. The summed E-state index contributed by atoms with van der Waals surface area (Å²) in [5, 5.41) is 0.213. The Labute approximate surface area is 197 Å². The molecule has 5 atom stereocenters. The van der Waals surface area contributed by atoms with Crippen molar-refractivity contribution in [2.75, 3.05) is 6.61 Å². The molecular weight excluding hydrogens is 436 g/mol. The Balaban J connectivity index is 1.68. The lowest BCUT2D eigenvalue weighted by molar-refractivity contribution is -0.0245. The summed E-state index contributed by atoms with van der Waals surface area (Å²) in [6, 6.07) is 6.89. The first kappa shape index (κ1) is 25.9. The van der Waals surface area contributed by atoms with Crippen LogP contribution in [0.2, 0.25) is 18.1 Å². The van der Waals surface area contributed by atoms with Crippen LogP contribution < -0.4 is 0 Å². The minimum absolute atomic E-state index is 0.192. The zero-order valence-electron chi connectivity index (χ0n) is 21.4. The molecule has 0 N–H and O–H groups in total. The fraction of sp³-hybridized carbons (Fsp3) is 0.769. The second-order valence-corrected chi connectivity index (χ2v) is 18.5. The number of aryl methyl sites for hydroxylation is 1. The monoisotopic (exact) mass is 480 g/mol. The van der Waals surface area contributed by atoms with Crippen LogP contribution in [0.5, 0.6) is 0 Å².